The highest BCUT2D eigenvalue weighted by Crippen LogP contribution is 2.12. The lowest BCUT2D eigenvalue weighted by atomic mass is 10.3. The van der Waals surface area contributed by atoms with Gasteiger partial charge >= 0.3 is 0 Å². The van der Waals surface area contributed by atoms with Crippen molar-refractivity contribution in [3.63, 3.8) is 0 Å². The third-order valence-corrected chi connectivity index (χ3v) is 2.62. The lowest BCUT2D eigenvalue weighted by Crippen LogP contribution is -2.09. The Labute approximate surface area is 82.1 Å². The van der Waals surface area contributed by atoms with Gasteiger partial charge in [0.25, 0.3) is 0 Å². The predicted octanol–water partition coefficient (Wildman–Crippen LogP) is 1.04. The average Bonchev–Trinajstić information content (AvgIpc) is 2.47. The third kappa shape index (κ3) is 1.77. The Morgan fingerprint density at radius 3 is 2.79 bits per heavy atom. The molecule has 0 saturated heterocycles. The van der Waals surface area contributed by atoms with Crippen LogP contribution in [0.4, 0.5) is 0 Å². The quantitative estimate of drug-likeness (QED) is 0.744. The monoisotopic (exact) mass is 210 g/mol. The van der Waals surface area contributed by atoms with E-state index in [0.29, 0.717) is 0 Å². The topological polar surface area (TPSA) is 52.0 Å². The Balaban J connectivity index is 2.54. The molecule has 0 fully saturated rings. The summed E-state index contributed by atoms with van der Waals surface area (Å²) in [5.41, 5.74) is 0.845. The van der Waals surface area contributed by atoms with Gasteiger partial charge in [-0.15, -0.1) is 0 Å². The molecule has 0 aliphatic heterocycles. The Hall–Kier alpha value is -1.36. The van der Waals surface area contributed by atoms with Crippen molar-refractivity contribution in [1.82, 2.24) is 9.78 Å². The molecule has 0 bridgehead atoms. The van der Waals surface area contributed by atoms with Crippen LogP contribution < -0.4 is 0 Å². The van der Waals surface area contributed by atoms with E-state index in [4.69, 9.17) is 0 Å². The van der Waals surface area contributed by atoms with Gasteiger partial charge in [0.15, 0.2) is 9.84 Å². The minimum absolute atomic E-state index is 0.0689. The molecule has 0 amide bonds. The number of sulfone groups is 1. The fourth-order valence-electron chi connectivity index (χ4n) is 1.35. The van der Waals surface area contributed by atoms with Crippen LogP contribution in [0.15, 0.2) is 30.5 Å². The summed E-state index contributed by atoms with van der Waals surface area (Å²) in [4.78, 5) is 0. The van der Waals surface area contributed by atoms with E-state index in [1.165, 1.54) is 10.9 Å². The maximum atomic E-state index is 11.1. The van der Waals surface area contributed by atoms with E-state index in [9.17, 15) is 8.42 Å². The number of fused-ring (bicyclic) bond motifs is 1. The van der Waals surface area contributed by atoms with Gasteiger partial charge in [-0.2, -0.15) is 5.10 Å². The van der Waals surface area contributed by atoms with Crippen molar-refractivity contribution in [2.24, 2.45) is 0 Å². The summed E-state index contributed by atoms with van der Waals surface area (Å²) in [7, 11) is -3.04. The van der Waals surface area contributed by atoms with Gasteiger partial charge in [0.2, 0.25) is 0 Å². The predicted molar refractivity (Wildman–Crippen MR) is 54.6 cm³/mol. The molecule has 0 aliphatic rings. The van der Waals surface area contributed by atoms with E-state index in [-0.39, 0.29) is 5.88 Å². The van der Waals surface area contributed by atoms with Crippen molar-refractivity contribution >= 4 is 20.7 Å². The summed E-state index contributed by atoms with van der Waals surface area (Å²) in [6, 6.07) is 7.52. The second-order valence-corrected chi connectivity index (χ2v) is 5.37. The lowest BCUT2D eigenvalue weighted by Gasteiger charge is -2.00. The summed E-state index contributed by atoms with van der Waals surface area (Å²) >= 11 is 0. The largest absolute Gasteiger partial charge is 0.250 e. The van der Waals surface area contributed by atoms with E-state index >= 15 is 0 Å². The smallest absolute Gasteiger partial charge is 0.167 e. The van der Waals surface area contributed by atoms with Crippen molar-refractivity contribution < 1.29 is 8.42 Å². The van der Waals surface area contributed by atoms with Crippen molar-refractivity contribution in [3.8, 4) is 0 Å². The van der Waals surface area contributed by atoms with Crippen LogP contribution >= 0.6 is 0 Å². The fraction of sp³-hybridized carbons (Fsp3) is 0.222. The van der Waals surface area contributed by atoms with Crippen molar-refractivity contribution in [3.05, 3.63) is 30.5 Å². The number of benzene rings is 1. The van der Waals surface area contributed by atoms with Gasteiger partial charge in [-0.3, -0.25) is 0 Å². The Morgan fingerprint density at radius 2 is 2.07 bits per heavy atom. The van der Waals surface area contributed by atoms with Gasteiger partial charge in [0, 0.05) is 11.6 Å². The second kappa shape index (κ2) is 3.09. The summed E-state index contributed by atoms with van der Waals surface area (Å²) in [5, 5.41) is 4.97. The number of para-hydroxylation sites is 1. The van der Waals surface area contributed by atoms with Crippen LogP contribution in [0.25, 0.3) is 10.9 Å². The van der Waals surface area contributed by atoms with Gasteiger partial charge in [-0.1, -0.05) is 18.2 Å². The summed E-state index contributed by atoms with van der Waals surface area (Å²) in [6.45, 7) is 0. The number of nitrogens with zero attached hydrogens (tertiary/aromatic N) is 2. The van der Waals surface area contributed by atoms with Crippen LogP contribution in [0.1, 0.15) is 0 Å². The Kier molecular flexibility index (Phi) is 2.03. The first-order valence-corrected chi connectivity index (χ1v) is 6.20. The van der Waals surface area contributed by atoms with Gasteiger partial charge < -0.3 is 0 Å². The Bertz CT molecular complexity index is 557. The van der Waals surface area contributed by atoms with Crippen molar-refractivity contribution in [2.75, 3.05) is 6.26 Å². The number of rotatable bonds is 2. The van der Waals surface area contributed by atoms with Crippen LogP contribution in [0, 0.1) is 0 Å². The zero-order valence-electron chi connectivity index (χ0n) is 7.71. The average molecular weight is 210 g/mol. The highest BCUT2D eigenvalue weighted by Gasteiger charge is 2.07. The highest BCUT2D eigenvalue weighted by atomic mass is 32.2. The van der Waals surface area contributed by atoms with Gasteiger partial charge in [-0.05, 0) is 6.07 Å². The van der Waals surface area contributed by atoms with Gasteiger partial charge in [0.1, 0.15) is 5.88 Å². The molecule has 2 aromatic rings. The molecule has 5 heteroatoms. The molecule has 1 heterocycles. The Morgan fingerprint density at radius 1 is 1.36 bits per heavy atom. The van der Waals surface area contributed by atoms with E-state index in [1.54, 1.807) is 6.20 Å². The van der Waals surface area contributed by atoms with Gasteiger partial charge in [0.05, 0.1) is 11.7 Å². The zero-order chi connectivity index (χ0) is 10.2. The molecular formula is C9H10N2O2S. The molecule has 0 N–H and O–H groups in total. The normalized spacial score (nSPS) is 12.1. The van der Waals surface area contributed by atoms with Crippen molar-refractivity contribution in [1.29, 1.82) is 0 Å². The molecule has 4 nitrogen and oxygen atoms in total. The SMILES string of the molecule is CS(=O)(=O)Cn1ncc2ccccc21. The maximum absolute atomic E-state index is 11.1. The van der Waals surface area contributed by atoms with Crippen LogP contribution in [0.3, 0.4) is 0 Å². The number of hydrogen-bond donors (Lipinski definition) is 0. The molecule has 0 unspecified atom stereocenters. The second-order valence-electron chi connectivity index (χ2n) is 3.26. The fourth-order valence-corrected chi connectivity index (χ4v) is 2.00. The molecule has 0 radical (unpaired) electrons. The number of aromatic nitrogens is 2. The minimum Gasteiger partial charge on any atom is -0.250 e. The molecular weight excluding hydrogens is 200 g/mol. The molecule has 14 heavy (non-hydrogen) atoms. The first-order chi connectivity index (χ1) is 6.56. The summed E-state index contributed by atoms with van der Waals surface area (Å²) < 4.78 is 23.7. The first kappa shape index (κ1) is 9.21. The van der Waals surface area contributed by atoms with E-state index in [2.05, 4.69) is 5.10 Å². The molecule has 0 atom stereocenters. The summed E-state index contributed by atoms with van der Waals surface area (Å²) in [6.07, 6.45) is 2.87. The van der Waals surface area contributed by atoms with E-state index < -0.39 is 9.84 Å². The first-order valence-electron chi connectivity index (χ1n) is 4.14. The molecule has 0 spiro atoms. The van der Waals surface area contributed by atoms with Crippen LogP contribution in [-0.4, -0.2) is 24.5 Å². The summed E-state index contributed by atoms with van der Waals surface area (Å²) in [5.74, 6) is -0.0689. The molecule has 0 aliphatic carbocycles. The molecule has 1 aromatic heterocycles. The van der Waals surface area contributed by atoms with E-state index in [1.807, 2.05) is 24.3 Å². The van der Waals surface area contributed by atoms with Crippen molar-refractivity contribution in [2.45, 2.75) is 5.88 Å². The number of hydrogen-bond acceptors (Lipinski definition) is 3. The van der Waals surface area contributed by atoms with E-state index in [0.717, 1.165) is 10.9 Å². The van der Waals surface area contributed by atoms with Crippen LogP contribution in [0.2, 0.25) is 0 Å². The standard InChI is InChI=1S/C9H10N2O2S/c1-14(12,13)7-11-9-5-3-2-4-8(9)6-10-11/h2-6H,7H2,1H3. The molecule has 74 valence electrons. The minimum atomic E-state index is -3.04. The van der Waals surface area contributed by atoms with Gasteiger partial charge in [-0.25, -0.2) is 13.1 Å². The molecule has 1 aromatic carbocycles. The van der Waals surface area contributed by atoms with Crippen LogP contribution in [-0.2, 0) is 15.7 Å². The molecule has 0 saturated carbocycles. The zero-order valence-corrected chi connectivity index (χ0v) is 8.53. The van der Waals surface area contributed by atoms with Crippen LogP contribution in [0.5, 0.6) is 0 Å². The highest BCUT2D eigenvalue weighted by molar-refractivity contribution is 7.89. The maximum Gasteiger partial charge on any atom is 0.167 e. The molecule has 2 rings (SSSR count). The third-order valence-electron chi connectivity index (χ3n) is 1.91. The lowest BCUT2D eigenvalue weighted by molar-refractivity contribution is 0.584.